The van der Waals surface area contributed by atoms with Gasteiger partial charge in [-0.25, -0.2) is 0 Å². The van der Waals surface area contributed by atoms with Gasteiger partial charge >= 0.3 is 0 Å². The van der Waals surface area contributed by atoms with Crippen molar-refractivity contribution in [2.45, 2.75) is 45.8 Å². The van der Waals surface area contributed by atoms with Crippen LogP contribution in [0.1, 0.15) is 34.1 Å². The lowest BCUT2D eigenvalue weighted by Gasteiger charge is -2.35. The lowest BCUT2D eigenvalue weighted by Crippen LogP contribution is -2.51. The molecular weight excluding hydrogens is 328 g/mol. The number of aliphatic hydroxyl groups is 2. The number of aliphatic hydroxyl groups excluding tert-OH is 1. The summed E-state index contributed by atoms with van der Waals surface area (Å²) in [7, 11) is 0. The van der Waals surface area contributed by atoms with E-state index >= 15 is 0 Å². The maximum absolute atomic E-state index is 12.1. The number of ketones is 1. The zero-order chi connectivity index (χ0) is 18.1. The Morgan fingerprint density at radius 3 is 2.83 bits per heavy atom. The van der Waals surface area contributed by atoms with Crippen LogP contribution in [0.5, 0.6) is 0 Å². The van der Waals surface area contributed by atoms with Crippen molar-refractivity contribution >= 4 is 17.4 Å². The largest absolute Gasteiger partial charge is 0.465 e. The second kappa shape index (κ2) is 7.09. The molecule has 2 aliphatic rings. The molecule has 1 aliphatic heterocycles. The fourth-order valence-corrected chi connectivity index (χ4v) is 2.91. The first-order chi connectivity index (χ1) is 11.2. The number of hydrogen-bond donors (Lipinski definition) is 2. The highest BCUT2D eigenvalue weighted by Crippen LogP contribution is 2.39. The van der Waals surface area contributed by atoms with Gasteiger partial charge in [0.05, 0.1) is 11.3 Å². The van der Waals surface area contributed by atoms with E-state index in [0.29, 0.717) is 22.8 Å². The lowest BCUT2D eigenvalue weighted by molar-refractivity contribution is -0.140. The third-order valence-electron chi connectivity index (χ3n) is 4.34. The molecule has 0 spiro atoms. The van der Waals surface area contributed by atoms with Gasteiger partial charge in [0.15, 0.2) is 5.60 Å². The van der Waals surface area contributed by atoms with Gasteiger partial charge in [-0.2, -0.15) is 0 Å². The van der Waals surface area contributed by atoms with E-state index in [2.05, 4.69) is 19.9 Å². The van der Waals surface area contributed by atoms with Crippen LogP contribution >= 0.6 is 11.6 Å². The maximum Gasteiger partial charge on any atom is 0.209 e. The quantitative estimate of drug-likeness (QED) is 0.761. The first kappa shape index (κ1) is 18.7. The van der Waals surface area contributed by atoms with Crippen LogP contribution in [0, 0.1) is 5.92 Å². The number of Topliss-reactive ketones (excluding diaryl/α,β-unsaturated/α-hetero) is 1. The van der Waals surface area contributed by atoms with E-state index in [1.54, 1.807) is 12.2 Å². The first-order valence-corrected chi connectivity index (χ1v) is 8.36. The summed E-state index contributed by atoms with van der Waals surface area (Å²) in [5.74, 6) is 0.302. The van der Waals surface area contributed by atoms with Crippen LogP contribution in [0.4, 0.5) is 0 Å². The SMILES string of the molecule is CC[C@@H](C)/C=C(C)/C=C/C1=CC2=C(Cl)C(=O)[C@@](C)(O)[C@H](O)C2=CO1. The topological polar surface area (TPSA) is 66.8 Å². The van der Waals surface area contributed by atoms with E-state index in [0.717, 1.165) is 12.0 Å². The van der Waals surface area contributed by atoms with Crippen LogP contribution in [0.3, 0.4) is 0 Å². The minimum atomic E-state index is -1.95. The summed E-state index contributed by atoms with van der Waals surface area (Å²) in [6.07, 6.45) is 8.48. The summed E-state index contributed by atoms with van der Waals surface area (Å²) in [4.78, 5) is 12.1. The van der Waals surface area contributed by atoms with Crippen molar-refractivity contribution in [1.29, 1.82) is 0 Å². The van der Waals surface area contributed by atoms with Gasteiger partial charge in [0, 0.05) is 11.1 Å². The molecule has 0 aromatic rings. The van der Waals surface area contributed by atoms with E-state index in [-0.39, 0.29) is 5.03 Å². The zero-order valence-electron chi connectivity index (χ0n) is 14.3. The second-order valence-corrected chi connectivity index (χ2v) is 6.85. The van der Waals surface area contributed by atoms with Crippen molar-refractivity contribution < 1.29 is 19.7 Å². The summed E-state index contributed by atoms with van der Waals surface area (Å²) < 4.78 is 5.49. The minimum Gasteiger partial charge on any atom is -0.465 e. The molecule has 0 saturated carbocycles. The molecule has 0 saturated heterocycles. The van der Waals surface area contributed by atoms with E-state index in [1.807, 2.05) is 13.0 Å². The molecule has 5 heteroatoms. The third-order valence-corrected chi connectivity index (χ3v) is 4.72. The number of allylic oxidation sites excluding steroid dienone is 5. The number of halogens is 1. The summed E-state index contributed by atoms with van der Waals surface area (Å²) >= 11 is 6.09. The van der Waals surface area contributed by atoms with E-state index in [1.165, 1.54) is 13.2 Å². The summed E-state index contributed by atoms with van der Waals surface area (Å²) in [6, 6.07) is 0. The van der Waals surface area contributed by atoms with Gasteiger partial charge in [0.1, 0.15) is 11.9 Å². The number of hydrogen-bond acceptors (Lipinski definition) is 4. The fourth-order valence-electron chi connectivity index (χ4n) is 2.55. The normalized spacial score (nSPS) is 29.2. The van der Waals surface area contributed by atoms with E-state index < -0.39 is 17.5 Å². The average molecular weight is 351 g/mol. The molecule has 0 aromatic carbocycles. The molecule has 130 valence electrons. The molecule has 24 heavy (non-hydrogen) atoms. The molecular formula is C19H23ClO4. The van der Waals surface area contributed by atoms with Gasteiger partial charge in [0.2, 0.25) is 5.78 Å². The number of rotatable bonds is 4. The van der Waals surface area contributed by atoms with E-state index in [4.69, 9.17) is 16.3 Å². The molecule has 0 unspecified atom stereocenters. The standard InChI is InChI=1S/C19H23ClO4/c1-5-11(2)8-12(3)6-7-13-9-14-15(10-24-13)17(21)19(4,23)18(22)16(14)20/h6-11,17,21,23H,5H2,1-4H3/b7-6+,12-8+/t11-,17-,19+/m1/s1. The molecule has 4 nitrogen and oxygen atoms in total. The van der Waals surface area contributed by atoms with Crippen LogP contribution < -0.4 is 0 Å². The Morgan fingerprint density at radius 1 is 1.54 bits per heavy atom. The Bertz CT molecular complexity index is 692. The highest BCUT2D eigenvalue weighted by molar-refractivity contribution is 6.45. The smallest absolute Gasteiger partial charge is 0.209 e. The highest BCUT2D eigenvalue weighted by Gasteiger charge is 2.48. The van der Waals surface area contributed by atoms with Gasteiger partial charge in [-0.1, -0.05) is 49.6 Å². The van der Waals surface area contributed by atoms with Crippen LogP contribution in [-0.2, 0) is 9.53 Å². The maximum atomic E-state index is 12.1. The molecule has 0 fully saturated rings. The van der Waals surface area contributed by atoms with Crippen molar-refractivity contribution in [3.05, 3.63) is 58.1 Å². The molecule has 0 amide bonds. The van der Waals surface area contributed by atoms with Gasteiger partial charge in [-0.15, -0.1) is 0 Å². The molecule has 3 atom stereocenters. The highest BCUT2D eigenvalue weighted by atomic mass is 35.5. The van der Waals surface area contributed by atoms with Crippen LogP contribution in [0.15, 0.2) is 58.1 Å². The predicted octanol–water partition coefficient (Wildman–Crippen LogP) is 3.52. The molecule has 0 bridgehead atoms. The number of carbonyl (C=O) groups excluding carboxylic acids is 1. The molecule has 2 N–H and O–H groups in total. The third kappa shape index (κ3) is 3.56. The summed E-state index contributed by atoms with van der Waals surface area (Å²) in [5.41, 5.74) is -0.165. The molecule has 0 radical (unpaired) electrons. The van der Waals surface area contributed by atoms with Crippen molar-refractivity contribution in [2.75, 3.05) is 0 Å². The van der Waals surface area contributed by atoms with Crippen molar-refractivity contribution in [3.8, 4) is 0 Å². The monoisotopic (exact) mass is 350 g/mol. The minimum absolute atomic E-state index is 0.0994. The predicted molar refractivity (Wildman–Crippen MR) is 94.1 cm³/mol. The van der Waals surface area contributed by atoms with Crippen molar-refractivity contribution in [2.24, 2.45) is 5.92 Å². The van der Waals surface area contributed by atoms with Gasteiger partial charge in [0.25, 0.3) is 0 Å². The summed E-state index contributed by atoms with van der Waals surface area (Å²) in [5, 5.41) is 20.2. The van der Waals surface area contributed by atoms with Crippen molar-refractivity contribution in [1.82, 2.24) is 0 Å². The Hall–Kier alpha value is -1.62. The fraction of sp³-hybridized carbons (Fsp3) is 0.421. The van der Waals surface area contributed by atoms with Crippen LogP contribution in [0.2, 0.25) is 0 Å². The first-order valence-electron chi connectivity index (χ1n) is 7.98. The number of carbonyl (C=O) groups is 1. The Labute approximate surface area is 147 Å². The zero-order valence-corrected chi connectivity index (χ0v) is 15.1. The number of ether oxygens (including phenoxy) is 1. The molecule has 0 aromatic heterocycles. The van der Waals surface area contributed by atoms with Gasteiger partial charge in [-0.05, 0) is 31.9 Å². The Morgan fingerprint density at radius 2 is 2.21 bits per heavy atom. The Balaban J connectivity index is 2.30. The van der Waals surface area contributed by atoms with Gasteiger partial charge in [-0.3, -0.25) is 4.79 Å². The second-order valence-electron chi connectivity index (χ2n) is 6.47. The molecule has 2 rings (SSSR count). The van der Waals surface area contributed by atoms with Crippen LogP contribution in [-0.4, -0.2) is 27.7 Å². The van der Waals surface area contributed by atoms with Gasteiger partial charge < -0.3 is 14.9 Å². The lowest BCUT2D eigenvalue weighted by atomic mass is 9.79. The van der Waals surface area contributed by atoms with Crippen molar-refractivity contribution in [3.63, 3.8) is 0 Å². The van der Waals surface area contributed by atoms with Crippen LogP contribution in [0.25, 0.3) is 0 Å². The molecule has 1 aliphatic carbocycles. The van der Waals surface area contributed by atoms with E-state index in [9.17, 15) is 15.0 Å². The molecule has 1 heterocycles. The Kier molecular flexibility index (Phi) is 5.53. The number of fused-ring (bicyclic) bond motifs is 1. The average Bonchev–Trinajstić information content (AvgIpc) is 2.56. The summed E-state index contributed by atoms with van der Waals surface area (Å²) in [6.45, 7) is 7.52.